The van der Waals surface area contributed by atoms with E-state index in [0.717, 1.165) is 60.1 Å². The standard InChI is InChI=1S/C23H27N3O2S/c1-4-17-5-7-19-21(14-17)29-23(24-19)26-11-9-25(10-12-26)22(27)15-18-6-8-20(28-3)16(2)13-18/h5-8,13-14H,4,9-12,15H2,1-3H3. The molecule has 0 atom stereocenters. The molecule has 2 heterocycles. The van der Waals surface area contributed by atoms with Crippen molar-refractivity contribution in [3.8, 4) is 5.75 Å². The van der Waals surface area contributed by atoms with Crippen molar-refractivity contribution in [2.75, 3.05) is 38.2 Å². The van der Waals surface area contributed by atoms with E-state index in [1.54, 1.807) is 18.4 Å². The van der Waals surface area contributed by atoms with Crippen molar-refractivity contribution in [1.82, 2.24) is 9.88 Å². The highest BCUT2D eigenvalue weighted by Crippen LogP contribution is 2.30. The molecule has 1 aromatic heterocycles. The van der Waals surface area contributed by atoms with Gasteiger partial charge in [0.25, 0.3) is 0 Å². The molecule has 1 aliphatic rings. The lowest BCUT2D eigenvalue weighted by atomic mass is 10.1. The lowest BCUT2D eigenvalue weighted by Gasteiger charge is -2.34. The number of hydrogen-bond donors (Lipinski definition) is 0. The van der Waals surface area contributed by atoms with Gasteiger partial charge in [0, 0.05) is 26.2 Å². The second-order valence-electron chi connectivity index (χ2n) is 7.50. The number of anilines is 1. The Morgan fingerprint density at radius 2 is 1.86 bits per heavy atom. The maximum absolute atomic E-state index is 12.8. The van der Waals surface area contributed by atoms with E-state index >= 15 is 0 Å². The van der Waals surface area contributed by atoms with Crippen LogP contribution in [0, 0.1) is 6.92 Å². The van der Waals surface area contributed by atoms with Gasteiger partial charge in [-0.15, -0.1) is 0 Å². The van der Waals surface area contributed by atoms with Gasteiger partial charge in [0.15, 0.2) is 5.13 Å². The number of nitrogens with zero attached hydrogens (tertiary/aromatic N) is 3. The van der Waals surface area contributed by atoms with Crippen molar-refractivity contribution in [3.05, 3.63) is 53.1 Å². The van der Waals surface area contributed by atoms with Gasteiger partial charge in [-0.3, -0.25) is 4.79 Å². The van der Waals surface area contributed by atoms with Crippen LogP contribution in [0.15, 0.2) is 36.4 Å². The lowest BCUT2D eigenvalue weighted by molar-refractivity contribution is -0.130. The van der Waals surface area contributed by atoms with Crippen LogP contribution in [0.3, 0.4) is 0 Å². The van der Waals surface area contributed by atoms with Gasteiger partial charge in [-0.1, -0.05) is 36.5 Å². The van der Waals surface area contributed by atoms with Gasteiger partial charge < -0.3 is 14.5 Å². The van der Waals surface area contributed by atoms with Gasteiger partial charge in [-0.05, 0) is 48.2 Å². The molecule has 0 bridgehead atoms. The van der Waals surface area contributed by atoms with E-state index in [0.29, 0.717) is 6.42 Å². The Morgan fingerprint density at radius 3 is 2.55 bits per heavy atom. The van der Waals surface area contributed by atoms with E-state index in [-0.39, 0.29) is 5.91 Å². The average molecular weight is 410 g/mol. The summed E-state index contributed by atoms with van der Waals surface area (Å²) in [6, 6.07) is 12.5. The quantitative estimate of drug-likeness (QED) is 0.637. The number of thiazole rings is 1. The first-order valence-corrected chi connectivity index (χ1v) is 10.9. The molecule has 0 unspecified atom stereocenters. The molecule has 5 nitrogen and oxygen atoms in total. The predicted molar refractivity (Wildman–Crippen MR) is 119 cm³/mol. The number of amides is 1. The van der Waals surface area contributed by atoms with Crippen LogP contribution in [-0.4, -0.2) is 49.1 Å². The average Bonchev–Trinajstić information content (AvgIpc) is 3.17. The normalized spacial score (nSPS) is 14.4. The van der Waals surface area contributed by atoms with Crippen molar-refractivity contribution in [2.45, 2.75) is 26.7 Å². The molecule has 1 fully saturated rings. The largest absolute Gasteiger partial charge is 0.496 e. The summed E-state index contributed by atoms with van der Waals surface area (Å²) in [5, 5.41) is 1.06. The molecule has 1 amide bonds. The number of fused-ring (bicyclic) bond motifs is 1. The molecular weight excluding hydrogens is 382 g/mol. The first-order chi connectivity index (χ1) is 14.1. The van der Waals surface area contributed by atoms with E-state index in [1.807, 2.05) is 30.0 Å². The number of piperazine rings is 1. The molecule has 0 saturated carbocycles. The predicted octanol–water partition coefficient (Wildman–Crippen LogP) is 4.07. The molecule has 6 heteroatoms. The summed E-state index contributed by atoms with van der Waals surface area (Å²) >= 11 is 1.75. The molecule has 0 spiro atoms. The van der Waals surface area contributed by atoms with Crippen LogP contribution >= 0.6 is 11.3 Å². The van der Waals surface area contributed by atoms with Gasteiger partial charge in [0.1, 0.15) is 5.75 Å². The summed E-state index contributed by atoms with van der Waals surface area (Å²) in [4.78, 5) is 21.8. The second-order valence-corrected chi connectivity index (χ2v) is 8.51. The number of methoxy groups -OCH3 is 1. The van der Waals surface area contributed by atoms with E-state index in [1.165, 1.54) is 10.3 Å². The summed E-state index contributed by atoms with van der Waals surface area (Å²) in [7, 11) is 1.67. The fourth-order valence-electron chi connectivity index (χ4n) is 3.80. The van der Waals surface area contributed by atoms with Gasteiger partial charge in [-0.2, -0.15) is 0 Å². The van der Waals surface area contributed by atoms with Gasteiger partial charge in [0.2, 0.25) is 5.91 Å². The smallest absolute Gasteiger partial charge is 0.227 e. The first-order valence-electron chi connectivity index (χ1n) is 10.1. The minimum atomic E-state index is 0.186. The number of ether oxygens (including phenoxy) is 1. The molecule has 3 aromatic rings. The maximum atomic E-state index is 12.8. The van der Waals surface area contributed by atoms with Crippen LogP contribution in [0.25, 0.3) is 10.2 Å². The van der Waals surface area contributed by atoms with Crippen LogP contribution in [0.5, 0.6) is 5.75 Å². The number of carbonyl (C=O) groups excluding carboxylic acids is 1. The van der Waals surface area contributed by atoms with E-state index < -0.39 is 0 Å². The van der Waals surface area contributed by atoms with Crippen LogP contribution in [-0.2, 0) is 17.6 Å². The van der Waals surface area contributed by atoms with Crippen LogP contribution in [0.4, 0.5) is 5.13 Å². The minimum absolute atomic E-state index is 0.186. The second kappa shape index (κ2) is 8.41. The summed E-state index contributed by atoms with van der Waals surface area (Å²) in [6.45, 7) is 7.32. The van der Waals surface area contributed by atoms with Crippen molar-refractivity contribution in [2.24, 2.45) is 0 Å². The third kappa shape index (κ3) is 4.22. The molecule has 1 aliphatic heterocycles. The maximum Gasteiger partial charge on any atom is 0.227 e. The van der Waals surface area contributed by atoms with Crippen LogP contribution in [0.1, 0.15) is 23.6 Å². The third-order valence-corrected chi connectivity index (χ3v) is 6.65. The van der Waals surface area contributed by atoms with Crippen molar-refractivity contribution < 1.29 is 9.53 Å². The Bertz CT molecular complexity index is 1020. The molecule has 0 aliphatic carbocycles. The highest BCUT2D eigenvalue weighted by atomic mass is 32.1. The molecule has 4 rings (SSSR count). The zero-order valence-corrected chi connectivity index (χ0v) is 18.1. The number of aryl methyl sites for hydroxylation is 2. The van der Waals surface area contributed by atoms with E-state index in [4.69, 9.17) is 9.72 Å². The van der Waals surface area contributed by atoms with Crippen molar-refractivity contribution in [3.63, 3.8) is 0 Å². The minimum Gasteiger partial charge on any atom is -0.496 e. The molecule has 152 valence electrons. The third-order valence-electron chi connectivity index (χ3n) is 5.57. The number of rotatable bonds is 5. The lowest BCUT2D eigenvalue weighted by Crippen LogP contribution is -2.49. The summed E-state index contributed by atoms with van der Waals surface area (Å²) in [6.07, 6.45) is 1.48. The Labute approximate surface area is 175 Å². The number of carbonyl (C=O) groups is 1. The van der Waals surface area contributed by atoms with Gasteiger partial charge >= 0.3 is 0 Å². The summed E-state index contributed by atoms with van der Waals surface area (Å²) in [5.41, 5.74) is 4.51. The molecular formula is C23H27N3O2S. The van der Waals surface area contributed by atoms with E-state index in [9.17, 15) is 4.79 Å². The number of aromatic nitrogens is 1. The first kappa shape index (κ1) is 19.7. The van der Waals surface area contributed by atoms with Gasteiger partial charge in [-0.25, -0.2) is 4.98 Å². The van der Waals surface area contributed by atoms with E-state index in [2.05, 4.69) is 30.0 Å². The SMILES string of the molecule is CCc1ccc2nc(N3CCN(C(=O)Cc4ccc(OC)c(C)c4)CC3)sc2c1. The molecule has 0 radical (unpaired) electrons. The molecule has 2 aromatic carbocycles. The Balaban J connectivity index is 1.37. The fraction of sp³-hybridized carbons (Fsp3) is 0.391. The highest BCUT2D eigenvalue weighted by molar-refractivity contribution is 7.22. The van der Waals surface area contributed by atoms with Gasteiger partial charge in [0.05, 0.1) is 23.7 Å². The number of hydrogen-bond acceptors (Lipinski definition) is 5. The Hall–Kier alpha value is -2.60. The number of benzene rings is 2. The molecule has 0 N–H and O–H groups in total. The van der Waals surface area contributed by atoms with Crippen LogP contribution in [0.2, 0.25) is 0 Å². The molecule has 1 saturated heterocycles. The fourth-order valence-corrected chi connectivity index (χ4v) is 4.88. The topological polar surface area (TPSA) is 45.7 Å². The summed E-state index contributed by atoms with van der Waals surface area (Å²) < 4.78 is 6.55. The highest BCUT2D eigenvalue weighted by Gasteiger charge is 2.23. The monoisotopic (exact) mass is 409 g/mol. The zero-order valence-electron chi connectivity index (χ0n) is 17.3. The summed E-state index contributed by atoms with van der Waals surface area (Å²) in [5.74, 6) is 1.04. The van der Waals surface area contributed by atoms with Crippen molar-refractivity contribution in [1.29, 1.82) is 0 Å². The Morgan fingerprint density at radius 1 is 1.10 bits per heavy atom. The zero-order chi connectivity index (χ0) is 20.4. The Kier molecular flexibility index (Phi) is 5.72. The molecule has 29 heavy (non-hydrogen) atoms. The van der Waals surface area contributed by atoms with Crippen LogP contribution < -0.4 is 9.64 Å². The van der Waals surface area contributed by atoms with Crippen molar-refractivity contribution >= 4 is 32.6 Å².